The third-order valence-electron chi connectivity index (χ3n) is 2.97. The molecule has 0 saturated carbocycles. The highest BCUT2D eigenvalue weighted by molar-refractivity contribution is 9.10. The van der Waals surface area contributed by atoms with Gasteiger partial charge >= 0.3 is 0 Å². The summed E-state index contributed by atoms with van der Waals surface area (Å²) < 4.78 is 11.1. The number of methoxy groups -OCH3 is 1. The first-order valence-electron chi connectivity index (χ1n) is 6.15. The Morgan fingerprint density at radius 2 is 2.00 bits per heavy atom. The largest absolute Gasteiger partial charge is 0.507 e. The molecule has 0 aliphatic heterocycles. The smallest absolute Gasteiger partial charge is 0.258 e. The number of phenols is 1. The van der Waals surface area contributed by atoms with Crippen molar-refractivity contribution in [2.45, 2.75) is 0 Å². The summed E-state index contributed by atoms with van der Waals surface area (Å²) in [6.07, 6.45) is 0. The molecule has 6 heteroatoms. The molecule has 2 aromatic carbocycles. The van der Waals surface area contributed by atoms with E-state index in [0.29, 0.717) is 27.5 Å². The lowest BCUT2D eigenvalue weighted by Gasteiger charge is -2.03. The van der Waals surface area contributed by atoms with Crippen LogP contribution in [0.1, 0.15) is 0 Å². The minimum absolute atomic E-state index is 0.115. The third-order valence-corrected chi connectivity index (χ3v) is 3.64. The Balaban J connectivity index is 2.01. The van der Waals surface area contributed by atoms with Crippen LogP contribution in [-0.4, -0.2) is 22.4 Å². The standard InChI is InChI=1S/C15H11BrN2O3/c1-20-13-5-3-2-4-10(13)14-17-15(21-18-14)9-6-7-11(16)12(19)8-9/h2-8,19H,1H3. The molecular weight excluding hydrogens is 336 g/mol. The Kier molecular flexibility index (Phi) is 3.62. The van der Waals surface area contributed by atoms with Gasteiger partial charge in [0.2, 0.25) is 5.82 Å². The van der Waals surface area contributed by atoms with E-state index >= 15 is 0 Å². The van der Waals surface area contributed by atoms with Gasteiger partial charge in [-0.15, -0.1) is 0 Å². The van der Waals surface area contributed by atoms with Gasteiger partial charge < -0.3 is 14.4 Å². The first-order valence-corrected chi connectivity index (χ1v) is 6.94. The lowest BCUT2D eigenvalue weighted by molar-refractivity contribution is 0.413. The minimum atomic E-state index is 0.115. The SMILES string of the molecule is COc1ccccc1-c1noc(-c2ccc(Br)c(O)c2)n1. The van der Waals surface area contributed by atoms with Gasteiger partial charge in [0.15, 0.2) is 0 Å². The molecule has 1 aromatic heterocycles. The van der Waals surface area contributed by atoms with Crippen LogP contribution in [0.5, 0.6) is 11.5 Å². The quantitative estimate of drug-likeness (QED) is 0.779. The lowest BCUT2D eigenvalue weighted by atomic mass is 10.2. The third kappa shape index (κ3) is 2.62. The van der Waals surface area contributed by atoms with Crippen LogP contribution in [0.15, 0.2) is 51.5 Å². The van der Waals surface area contributed by atoms with E-state index in [1.165, 1.54) is 0 Å². The van der Waals surface area contributed by atoms with E-state index in [-0.39, 0.29) is 5.75 Å². The monoisotopic (exact) mass is 346 g/mol. The zero-order valence-electron chi connectivity index (χ0n) is 11.1. The average molecular weight is 347 g/mol. The summed E-state index contributed by atoms with van der Waals surface area (Å²) in [4.78, 5) is 4.35. The number of aromatic nitrogens is 2. The van der Waals surface area contributed by atoms with Crippen molar-refractivity contribution in [1.29, 1.82) is 0 Å². The fourth-order valence-corrected chi connectivity index (χ4v) is 2.17. The Morgan fingerprint density at radius 1 is 1.19 bits per heavy atom. The summed E-state index contributed by atoms with van der Waals surface area (Å²) in [5, 5.41) is 13.7. The van der Waals surface area contributed by atoms with E-state index in [4.69, 9.17) is 9.26 Å². The molecule has 0 saturated heterocycles. The summed E-state index contributed by atoms with van der Waals surface area (Å²) in [7, 11) is 1.59. The van der Waals surface area contributed by atoms with Crippen molar-refractivity contribution in [3.05, 3.63) is 46.9 Å². The van der Waals surface area contributed by atoms with Crippen LogP contribution in [0.4, 0.5) is 0 Å². The average Bonchev–Trinajstić information content (AvgIpc) is 2.99. The Labute approximate surface area is 129 Å². The fourth-order valence-electron chi connectivity index (χ4n) is 1.93. The number of nitrogens with zero attached hydrogens (tertiary/aromatic N) is 2. The normalized spacial score (nSPS) is 10.6. The van der Waals surface area contributed by atoms with E-state index in [1.54, 1.807) is 25.3 Å². The highest BCUT2D eigenvalue weighted by atomic mass is 79.9. The van der Waals surface area contributed by atoms with Crippen molar-refractivity contribution in [1.82, 2.24) is 10.1 Å². The number of para-hydroxylation sites is 1. The summed E-state index contributed by atoms with van der Waals surface area (Å²) in [6, 6.07) is 12.5. The van der Waals surface area contributed by atoms with Gasteiger partial charge in [0.05, 0.1) is 17.1 Å². The highest BCUT2D eigenvalue weighted by Gasteiger charge is 2.14. The molecule has 5 nitrogen and oxygen atoms in total. The molecule has 0 unspecified atom stereocenters. The Bertz CT molecular complexity index is 786. The van der Waals surface area contributed by atoms with Gasteiger partial charge in [-0.2, -0.15) is 4.98 Å². The van der Waals surface area contributed by atoms with E-state index in [0.717, 1.165) is 5.56 Å². The van der Waals surface area contributed by atoms with Crippen molar-refractivity contribution >= 4 is 15.9 Å². The first-order chi connectivity index (χ1) is 10.2. The van der Waals surface area contributed by atoms with Crippen molar-refractivity contribution in [2.75, 3.05) is 7.11 Å². The maximum Gasteiger partial charge on any atom is 0.258 e. The molecule has 3 aromatic rings. The highest BCUT2D eigenvalue weighted by Crippen LogP contribution is 2.32. The molecule has 0 fully saturated rings. The fraction of sp³-hybridized carbons (Fsp3) is 0.0667. The maximum absolute atomic E-state index is 9.71. The Morgan fingerprint density at radius 3 is 2.76 bits per heavy atom. The maximum atomic E-state index is 9.71. The predicted molar refractivity (Wildman–Crippen MR) is 81.1 cm³/mol. The molecule has 21 heavy (non-hydrogen) atoms. The van der Waals surface area contributed by atoms with Gasteiger partial charge in [-0.3, -0.25) is 0 Å². The van der Waals surface area contributed by atoms with Crippen LogP contribution in [0.2, 0.25) is 0 Å². The van der Waals surface area contributed by atoms with Gasteiger partial charge in [-0.1, -0.05) is 17.3 Å². The summed E-state index contributed by atoms with van der Waals surface area (Å²) in [5.41, 5.74) is 1.39. The number of phenolic OH excluding ortho intramolecular Hbond substituents is 1. The van der Waals surface area contributed by atoms with Gasteiger partial charge in [0, 0.05) is 5.56 Å². The van der Waals surface area contributed by atoms with Crippen LogP contribution in [0, 0.1) is 0 Å². The number of hydrogen-bond donors (Lipinski definition) is 1. The number of benzene rings is 2. The van der Waals surface area contributed by atoms with Crippen LogP contribution in [0.3, 0.4) is 0 Å². The Hall–Kier alpha value is -2.34. The van der Waals surface area contributed by atoms with E-state index in [2.05, 4.69) is 26.1 Å². The first kappa shape index (κ1) is 13.6. The summed E-state index contributed by atoms with van der Waals surface area (Å²) in [6.45, 7) is 0. The molecule has 106 valence electrons. The van der Waals surface area contributed by atoms with E-state index < -0.39 is 0 Å². The zero-order chi connectivity index (χ0) is 14.8. The molecule has 0 amide bonds. The van der Waals surface area contributed by atoms with Gasteiger partial charge in [0.1, 0.15) is 11.5 Å². The lowest BCUT2D eigenvalue weighted by Crippen LogP contribution is -1.88. The molecule has 0 bridgehead atoms. The van der Waals surface area contributed by atoms with Crippen molar-refractivity contribution in [3.8, 4) is 34.3 Å². The number of halogens is 1. The second-order valence-electron chi connectivity index (χ2n) is 4.29. The van der Waals surface area contributed by atoms with Gasteiger partial charge in [0.25, 0.3) is 5.89 Å². The van der Waals surface area contributed by atoms with Crippen molar-refractivity contribution in [3.63, 3.8) is 0 Å². The second-order valence-corrected chi connectivity index (χ2v) is 5.14. The number of hydrogen-bond acceptors (Lipinski definition) is 5. The molecule has 1 N–H and O–H groups in total. The van der Waals surface area contributed by atoms with E-state index in [9.17, 15) is 5.11 Å². The molecular formula is C15H11BrN2O3. The minimum Gasteiger partial charge on any atom is -0.507 e. The molecule has 0 radical (unpaired) electrons. The topological polar surface area (TPSA) is 68.4 Å². The molecule has 1 heterocycles. The van der Waals surface area contributed by atoms with Crippen molar-refractivity contribution < 1.29 is 14.4 Å². The predicted octanol–water partition coefficient (Wildman–Crippen LogP) is 3.88. The zero-order valence-corrected chi connectivity index (χ0v) is 12.7. The molecule has 0 aliphatic rings. The van der Waals surface area contributed by atoms with E-state index in [1.807, 2.05) is 24.3 Å². The summed E-state index contributed by atoms with van der Waals surface area (Å²) in [5.74, 6) is 1.55. The van der Waals surface area contributed by atoms with Crippen LogP contribution < -0.4 is 4.74 Å². The summed E-state index contributed by atoms with van der Waals surface area (Å²) >= 11 is 3.23. The van der Waals surface area contributed by atoms with Crippen LogP contribution in [0.25, 0.3) is 22.8 Å². The molecule has 0 atom stereocenters. The number of rotatable bonds is 3. The molecule has 3 rings (SSSR count). The number of aromatic hydroxyl groups is 1. The van der Waals surface area contributed by atoms with Gasteiger partial charge in [-0.05, 0) is 46.3 Å². The second kappa shape index (κ2) is 5.57. The molecule has 0 spiro atoms. The van der Waals surface area contributed by atoms with Crippen LogP contribution >= 0.6 is 15.9 Å². The van der Waals surface area contributed by atoms with Gasteiger partial charge in [-0.25, -0.2) is 0 Å². The van der Waals surface area contributed by atoms with Crippen LogP contribution in [-0.2, 0) is 0 Å². The number of ether oxygens (including phenoxy) is 1. The van der Waals surface area contributed by atoms with Crippen molar-refractivity contribution in [2.24, 2.45) is 0 Å². The molecule has 0 aliphatic carbocycles.